The highest BCUT2D eigenvalue weighted by atomic mass is 16.5. The van der Waals surface area contributed by atoms with Crippen molar-refractivity contribution in [3.63, 3.8) is 0 Å². The maximum absolute atomic E-state index is 12.0. The molecular formula is C15H22N2O6. The predicted molar refractivity (Wildman–Crippen MR) is 80.3 cm³/mol. The monoisotopic (exact) mass is 326 g/mol. The maximum atomic E-state index is 12.0. The Morgan fingerprint density at radius 2 is 2.00 bits per heavy atom. The van der Waals surface area contributed by atoms with E-state index >= 15 is 0 Å². The Labute approximate surface area is 134 Å². The topological polar surface area (TPSA) is 114 Å². The second-order valence-electron chi connectivity index (χ2n) is 4.76. The van der Waals surface area contributed by atoms with Crippen LogP contribution in [0.15, 0.2) is 18.2 Å². The number of quaternary nitrogens is 1. The highest BCUT2D eigenvalue weighted by Gasteiger charge is 2.19. The number of amides is 1. The first-order valence-electron chi connectivity index (χ1n) is 7.06. The van der Waals surface area contributed by atoms with Gasteiger partial charge in [0.05, 0.1) is 45.4 Å². The quantitative estimate of drug-likeness (QED) is 0.499. The average Bonchev–Trinajstić information content (AvgIpc) is 2.54. The van der Waals surface area contributed by atoms with Gasteiger partial charge in [-0.25, -0.2) is 0 Å². The molecule has 8 nitrogen and oxygen atoms in total. The summed E-state index contributed by atoms with van der Waals surface area (Å²) in [4.78, 5) is 23.1. The van der Waals surface area contributed by atoms with E-state index in [4.69, 9.17) is 14.2 Å². The molecule has 0 aliphatic carbocycles. The third-order valence-electron chi connectivity index (χ3n) is 3.16. The van der Waals surface area contributed by atoms with Crippen molar-refractivity contribution >= 4 is 17.6 Å². The maximum Gasteiger partial charge on any atom is 0.230 e. The van der Waals surface area contributed by atoms with Crippen LogP contribution in [0.25, 0.3) is 0 Å². The Morgan fingerprint density at radius 1 is 1.26 bits per heavy atom. The molecule has 128 valence electrons. The number of benzene rings is 1. The van der Waals surface area contributed by atoms with Gasteiger partial charge in [-0.05, 0) is 12.1 Å². The number of hydrogen-bond acceptors (Lipinski definition) is 6. The van der Waals surface area contributed by atoms with E-state index in [9.17, 15) is 14.7 Å². The van der Waals surface area contributed by atoms with Crippen molar-refractivity contribution in [2.75, 3.05) is 39.8 Å². The highest BCUT2D eigenvalue weighted by Crippen LogP contribution is 2.29. The van der Waals surface area contributed by atoms with Crippen LogP contribution in [0.4, 0.5) is 5.69 Å². The Hall–Kier alpha value is -2.32. The minimum Gasteiger partial charge on any atom is -0.544 e. The summed E-state index contributed by atoms with van der Waals surface area (Å²) >= 11 is 0. The molecule has 3 N–H and O–H groups in total. The van der Waals surface area contributed by atoms with Crippen LogP contribution in [0.1, 0.15) is 6.42 Å². The lowest BCUT2D eigenvalue weighted by molar-refractivity contribution is -0.683. The lowest BCUT2D eigenvalue weighted by Gasteiger charge is -2.17. The largest absolute Gasteiger partial charge is 0.544 e. The predicted octanol–water partition coefficient (Wildman–Crippen LogP) is -1.64. The van der Waals surface area contributed by atoms with E-state index in [0.29, 0.717) is 30.3 Å². The number of methoxy groups -OCH3 is 3. The van der Waals surface area contributed by atoms with Crippen LogP contribution >= 0.6 is 0 Å². The minimum absolute atomic E-state index is 0.221. The van der Waals surface area contributed by atoms with Crippen LogP contribution in [0, 0.1) is 0 Å². The van der Waals surface area contributed by atoms with Gasteiger partial charge >= 0.3 is 0 Å². The molecule has 23 heavy (non-hydrogen) atoms. The van der Waals surface area contributed by atoms with E-state index in [1.165, 1.54) is 26.6 Å². The zero-order valence-electron chi connectivity index (χ0n) is 13.5. The van der Waals surface area contributed by atoms with E-state index in [2.05, 4.69) is 5.32 Å². The first kappa shape index (κ1) is 18.7. The number of rotatable bonds is 10. The minimum atomic E-state index is -1.29. The zero-order valence-corrected chi connectivity index (χ0v) is 13.5. The average molecular weight is 326 g/mol. The van der Waals surface area contributed by atoms with Gasteiger partial charge in [-0.1, -0.05) is 0 Å². The molecule has 0 heterocycles. The van der Waals surface area contributed by atoms with E-state index in [1.54, 1.807) is 18.2 Å². The lowest BCUT2D eigenvalue weighted by atomic mass is 10.2. The Kier molecular flexibility index (Phi) is 7.86. The molecule has 1 rings (SSSR count). The number of carboxylic acids is 1. The number of anilines is 1. The fourth-order valence-electron chi connectivity index (χ4n) is 1.95. The van der Waals surface area contributed by atoms with Gasteiger partial charge in [0.1, 0.15) is 17.5 Å². The van der Waals surface area contributed by atoms with Crippen molar-refractivity contribution in [1.29, 1.82) is 0 Å². The number of carbonyl (C=O) groups excluding carboxylic acids is 2. The first-order chi connectivity index (χ1) is 11.0. The van der Waals surface area contributed by atoms with Crippen molar-refractivity contribution in [3.8, 4) is 11.5 Å². The summed E-state index contributed by atoms with van der Waals surface area (Å²) in [6.07, 6.45) is -0.221. The van der Waals surface area contributed by atoms with Crippen LogP contribution in [0.3, 0.4) is 0 Å². The van der Waals surface area contributed by atoms with Gasteiger partial charge in [-0.3, -0.25) is 4.79 Å². The third kappa shape index (κ3) is 6.13. The fraction of sp³-hybridized carbons (Fsp3) is 0.467. The molecule has 0 bridgehead atoms. The summed E-state index contributed by atoms with van der Waals surface area (Å²) in [5.41, 5.74) is 0.437. The molecule has 0 saturated heterocycles. The molecule has 0 radical (unpaired) electrons. The fourth-order valence-corrected chi connectivity index (χ4v) is 1.95. The molecule has 0 aliphatic heterocycles. The molecule has 0 aromatic heterocycles. The second-order valence-corrected chi connectivity index (χ2v) is 4.76. The van der Waals surface area contributed by atoms with E-state index < -0.39 is 17.9 Å². The van der Waals surface area contributed by atoms with Crippen LogP contribution < -0.4 is 25.2 Å². The summed E-state index contributed by atoms with van der Waals surface area (Å²) in [6, 6.07) is 3.93. The molecule has 8 heteroatoms. The molecule has 0 fully saturated rings. The van der Waals surface area contributed by atoms with Gasteiger partial charge in [0, 0.05) is 13.2 Å². The number of aliphatic carboxylic acids is 1. The van der Waals surface area contributed by atoms with Gasteiger partial charge in [0.2, 0.25) is 5.91 Å². The van der Waals surface area contributed by atoms with E-state index in [-0.39, 0.29) is 6.42 Å². The van der Waals surface area contributed by atoms with Crippen molar-refractivity contribution in [2.45, 2.75) is 12.5 Å². The van der Waals surface area contributed by atoms with Crippen LogP contribution in [0.2, 0.25) is 0 Å². The normalized spacial score (nSPS) is 11.6. The second kappa shape index (κ2) is 9.65. The zero-order chi connectivity index (χ0) is 17.2. The molecule has 0 spiro atoms. The molecule has 1 amide bonds. The highest BCUT2D eigenvalue weighted by molar-refractivity contribution is 5.94. The van der Waals surface area contributed by atoms with Gasteiger partial charge in [0.25, 0.3) is 0 Å². The summed E-state index contributed by atoms with van der Waals surface area (Å²) in [6.45, 7) is 0.811. The first-order valence-corrected chi connectivity index (χ1v) is 7.06. The molecular weight excluding hydrogens is 304 g/mol. The van der Waals surface area contributed by atoms with E-state index in [1.807, 2.05) is 0 Å². The third-order valence-corrected chi connectivity index (χ3v) is 3.16. The molecule has 0 aliphatic rings. The van der Waals surface area contributed by atoms with Gasteiger partial charge in [-0.15, -0.1) is 0 Å². The molecule has 1 aromatic rings. The number of hydrogen-bond donors (Lipinski definition) is 2. The molecule has 1 aromatic carbocycles. The van der Waals surface area contributed by atoms with Crippen molar-refractivity contribution in [1.82, 2.24) is 0 Å². The number of nitrogens with two attached hydrogens (primary N) is 1. The summed E-state index contributed by atoms with van der Waals surface area (Å²) < 4.78 is 15.1. The Balaban J connectivity index is 2.68. The summed E-state index contributed by atoms with van der Waals surface area (Å²) in [5.74, 6) is -0.735. The van der Waals surface area contributed by atoms with Crippen molar-refractivity contribution < 1.29 is 34.2 Å². The summed E-state index contributed by atoms with van der Waals surface area (Å²) in [7, 11) is 4.50. The van der Waals surface area contributed by atoms with Gasteiger partial charge in [-0.2, -0.15) is 0 Å². The lowest BCUT2D eigenvalue weighted by Crippen LogP contribution is -2.94. The van der Waals surface area contributed by atoms with Gasteiger partial charge in [0.15, 0.2) is 0 Å². The van der Waals surface area contributed by atoms with Crippen LogP contribution in [0.5, 0.6) is 11.5 Å². The molecule has 1 atom stereocenters. The van der Waals surface area contributed by atoms with Crippen molar-refractivity contribution in [2.24, 2.45) is 0 Å². The number of carbonyl (C=O) groups is 2. The Morgan fingerprint density at radius 3 is 2.57 bits per heavy atom. The van der Waals surface area contributed by atoms with Gasteiger partial charge < -0.3 is 34.7 Å². The van der Waals surface area contributed by atoms with Crippen molar-refractivity contribution in [3.05, 3.63) is 18.2 Å². The standard InChI is InChI=1S/C15H22N2O6/c1-21-7-6-16-12(15(19)20)9-14(18)17-11-5-4-10(22-2)8-13(11)23-3/h4-5,8,12,16H,6-7,9H2,1-3H3,(H,17,18)(H,19,20)/t12-/m1/s1. The summed E-state index contributed by atoms with van der Waals surface area (Å²) in [5, 5.41) is 15.2. The number of nitrogens with one attached hydrogen (secondary N) is 1. The Bertz CT molecular complexity index is 535. The van der Waals surface area contributed by atoms with Crippen LogP contribution in [-0.4, -0.2) is 52.4 Å². The van der Waals surface area contributed by atoms with E-state index in [0.717, 1.165) is 0 Å². The molecule has 0 saturated carbocycles. The SMILES string of the molecule is COCC[NH2+][C@H](CC(=O)Nc1ccc(OC)cc1OC)C(=O)[O-]. The molecule has 0 unspecified atom stereocenters. The number of ether oxygens (including phenoxy) is 3. The van der Waals surface area contributed by atoms with Crippen LogP contribution in [-0.2, 0) is 14.3 Å². The number of carboxylic acid groups (broad SMARTS) is 1. The smallest absolute Gasteiger partial charge is 0.230 e.